The third-order valence-corrected chi connectivity index (χ3v) is 5.11. The molecule has 146 valence electrons. The molecular weight excluding hydrogens is 382 g/mol. The number of benzene rings is 1. The summed E-state index contributed by atoms with van der Waals surface area (Å²) in [6.45, 7) is 0. The summed E-state index contributed by atoms with van der Waals surface area (Å²) in [7, 11) is 4.51. The lowest BCUT2D eigenvalue weighted by atomic mass is 9.86. The number of aromatic amines is 1. The van der Waals surface area contributed by atoms with E-state index in [1.807, 2.05) is 0 Å². The van der Waals surface area contributed by atoms with E-state index in [0.717, 1.165) is 0 Å². The lowest BCUT2D eigenvalue weighted by molar-refractivity contribution is -0.116. The second-order valence-corrected chi connectivity index (χ2v) is 6.82. The van der Waals surface area contributed by atoms with Crippen molar-refractivity contribution in [2.24, 2.45) is 0 Å². The van der Waals surface area contributed by atoms with Crippen molar-refractivity contribution in [3.63, 3.8) is 0 Å². The van der Waals surface area contributed by atoms with E-state index in [0.29, 0.717) is 39.3 Å². The van der Waals surface area contributed by atoms with Crippen LogP contribution in [0.5, 0.6) is 17.2 Å². The Morgan fingerprint density at radius 3 is 2.61 bits per heavy atom. The first-order valence-corrected chi connectivity index (χ1v) is 9.31. The first-order chi connectivity index (χ1) is 13.5. The number of thioether (sulfide) groups is 1. The van der Waals surface area contributed by atoms with Crippen LogP contribution < -0.4 is 25.1 Å². The van der Waals surface area contributed by atoms with E-state index in [4.69, 9.17) is 20.6 Å². The Morgan fingerprint density at radius 2 is 1.96 bits per heavy atom. The fraction of sp³-hybridized carbons (Fsp3) is 0.316. The SMILES string of the molecule is C#CCSc1nc2c(c(=O)[nH]1)[C@H](c1ccc(OC)c(OC)c1OC)CC(=O)N2. The Morgan fingerprint density at radius 1 is 1.21 bits per heavy atom. The molecule has 1 amide bonds. The highest BCUT2D eigenvalue weighted by Crippen LogP contribution is 2.46. The van der Waals surface area contributed by atoms with Crippen LogP contribution >= 0.6 is 11.8 Å². The topological polar surface area (TPSA) is 103 Å². The molecule has 0 spiro atoms. The molecule has 0 unspecified atom stereocenters. The van der Waals surface area contributed by atoms with Gasteiger partial charge in [0.2, 0.25) is 11.7 Å². The van der Waals surface area contributed by atoms with Crippen molar-refractivity contribution in [1.29, 1.82) is 0 Å². The van der Waals surface area contributed by atoms with Gasteiger partial charge in [0.1, 0.15) is 5.82 Å². The van der Waals surface area contributed by atoms with Crippen molar-refractivity contribution >= 4 is 23.5 Å². The van der Waals surface area contributed by atoms with Gasteiger partial charge in [-0.1, -0.05) is 23.7 Å². The number of rotatable bonds is 6. The maximum Gasteiger partial charge on any atom is 0.257 e. The van der Waals surface area contributed by atoms with Crippen LogP contribution in [0.2, 0.25) is 0 Å². The van der Waals surface area contributed by atoms with Crippen molar-refractivity contribution < 1.29 is 19.0 Å². The van der Waals surface area contributed by atoms with Crippen LogP contribution in [-0.2, 0) is 4.79 Å². The summed E-state index contributed by atoms with van der Waals surface area (Å²) >= 11 is 1.21. The smallest absolute Gasteiger partial charge is 0.257 e. The molecular formula is C19H19N3O5S. The normalized spacial score (nSPS) is 15.2. The fourth-order valence-electron chi connectivity index (χ4n) is 3.19. The molecule has 9 heteroatoms. The summed E-state index contributed by atoms with van der Waals surface area (Å²) in [5.41, 5.74) is 0.647. The minimum atomic E-state index is -0.554. The summed E-state index contributed by atoms with van der Waals surface area (Å²) in [4.78, 5) is 32.2. The Balaban J connectivity index is 2.17. The summed E-state index contributed by atoms with van der Waals surface area (Å²) in [5.74, 6) is 3.51. The van der Waals surface area contributed by atoms with E-state index < -0.39 is 5.92 Å². The molecule has 8 nitrogen and oxygen atoms in total. The molecule has 0 fully saturated rings. The number of anilines is 1. The molecule has 2 N–H and O–H groups in total. The second-order valence-electron chi connectivity index (χ2n) is 5.85. The molecule has 2 aromatic rings. The van der Waals surface area contributed by atoms with Gasteiger partial charge in [0.25, 0.3) is 5.56 Å². The number of methoxy groups -OCH3 is 3. The van der Waals surface area contributed by atoms with Crippen molar-refractivity contribution in [3.05, 3.63) is 33.6 Å². The molecule has 2 heterocycles. The molecule has 1 aliphatic heterocycles. The number of amides is 1. The lowest BCUT2D eigenvalue weighted by Gasteiger charge is -2.26. The molecule has 0 saturated carbocycles. The van der Waals surface area contributed by atoms with E-state index in [2.05, 4.69) is 21.2 Å². The maximum absolute atomic E-state index is 12.8. The molecule has 0 aliphatic carbocycles. The number of nitrogens with one attached hydrogen (secondary N) is 2. The number of H-pyrrole nitrogens is 1. The lowest BCUT2D eigenvalue weighted by Crippen LogP contribution is -2.31. The van der Waals surface area contributed by atoms with Gasteiger partial charge in [-0.2, -0.15) is 0 Å². The highest BCUT2D eigenvalue weighted by atomic mass is 32.2. The van der Waals surface area contributed by atoms with Gasteiger partial charge in [-0.3, -0.25) is 9.59 Å². The van der Waals surface area contributed by atoms with Crippen LogP contribution in [0.15, 0.2) is 22.1 Å². The van der Waals surface area contributed by atoms with Crippen LogP contribution in [0.25, 0.3) is 0 Å². The van der Waals surface area contributed by atoms with Crippen LogP contribution in [0.3, 0.4) is 0 Å². The number of terminal acetylenes is 1. The van der Waals surface area contributed by atoms with Crippen LogP contribution in [0.1, 0.15) is 23.5 Å². The van der Waals surface area contributed by atoms with E-state index >= 15 is 0 Å². The molecule has 0 bridgehead atoms. The van der Waals surface area contributed by atoms with Crippen LogP contribution in [0.4, 0.5) is 5.82 Å². The molecule has 0 saturated heterocycles. The monoisotopic (exact) mass is 401 g/mol. The van der Waals surface area contributed by atoms with E-state index in [9.17, 15) is 9.59 Å². The number of ether oxygens (including phenoxy) is 3. The quantitative estimate of drug-likeness (QED) is 0.434. The molecule has 3 rings (SSSR count). The zero-order chi connectivity index (χ0) is 20.3. The van der Waals surface area contributed by atoms with Crippen LogP contribution in [-0.4, -0.2) is 43.0 Å². The zero-order valence-electron chi connectivity index (χ0n) is 15.6. The van der Waals surface area contributed by atoms with E-state index in [1.54, 1.807) is 12.1 Å². The minimum Gasteiger partial charge on any atom is -0.493 e. The highest BCUT2D eigenvalue weighted by molar-refractivity contribution is 7.99. The predicted molar refractivity (Wildman–Crippen MR) is 106 cm³/mol. The van der Waals surface area contributed by atoms with Gasteiger partial charge >= 0.3 is 0 Å². The van der Waals surface area contributed by atoms with Gasteiger partial charge in [0.15, 0.2) is 16.7 Å². The summed E-state index contributed by atoms with van der Waals surface area (Å²) in [5, 5.41) is 3.02. The fourth-order valence-corrected chi connectivity index (χ4v) is 3.73. The molecule has 28 heavy (non-hydrogen) atoms. The van der Waals surface area contributed by atoms with Gasteiger partial charge in [-0.25, -0.2) is 4.98 Å². The number of carbonyl (C=O) groups is 1. The average Bonchev–Trinajstić information content (AvgIpc) is 2.69. The highest BCUT2D eigenvalue weighted by Gasteiger charge is 2.34. The largest absolute Gasteiger partial charge is 0.493 e. The Bertz CT molecular complexity index is 1010. The molecule has 1 aromatic carbocycles. The zero-order valence-corrected chi connectivity index (χ0v) is 16.4. The first-order valence-electron chi connectivity index (χ1n) is 8.33. The second kappa shape index (κ2) is 8.27. The Hall–Kier alpha value is -3.12. The standard InChI is InChI=1S/C19H19N3O5S/c1-5-8-28-19-21-17-14(18(24)22-19)11(9-13(23)20-17)10-6-7-12(25-2)16(27-4)15(10)26-3/h1,6-7,11H,8-9H2,2-4H3,(H2,20,21,22,23,24)/t11-/m0/s1. The van der Waals surface area contributed by atoms with Gasteiger partial charge in [0, 0.05) is 17.9 Å². The maximum atomic E-state index is 12.8. The molecule has 1 aromatic heterocycles. The Kier molecular flexibility index (Phi) is 5.80. The minimum absolute atomic E-state index is 0.0699. The number of carbonyl (C=O) groups excluding carboxylic acids is 1. The summed E-state index contributed by atoms with van der Waals surface area (Å²) < 4.78 is 16.3. The Labute approximate surface area is 166 Å². The van der Waals surface area contributed by atoms with Crippen LogP contribution in [0, 0.1) is 12.3 Å². The molecule has 1 aliphatic rings. The molecule has 1 atom stereocenters. The van der Waals surface area contributed by atoms with E-state index in [-0.39, 0.29) is 23.7 Å². The van der Waals surface area contributed by atoms with Crippen molar-refractivity contribution in [2.75, 3.05) is 32.4 Å². The van der Waals surface area contributed by atoms with Crippen molar-refractivity contribution in [3.8, 4) is 29.6 Å². The van der Waals surface area contributed by atoms with Gasteiger partial charge in [-0.15, -0.1) is 6.42 Å². The van der Waals surface area contributed by atoms with Gasteiger partial charge < -0.3 is 24.5 Å². The third-order valence-electron chi connectivity index (χ3n) is 4.33. The number of nitrogens with zero attached hydrogens (tertiary/aromatic N) is 1. The number of fused-ring (bicyclic) bond motifs is 1. The number of hydrogen-bond donors (Lipinski definition) is 2. The predicted octanol–water partition coefficient (Wildman–Crippen LogP) is 2.00. The first kappa shape index (κ1) is 19.6. The van der Waals surface area contributed by atoms with Gasteiger partial charge in [0.05, 0.1) is 32.6 Å². The number of hydrogen-bond acceptors (Lipinski definition) is 7. The third kappa shape index (κ3) is 3.51. The molecule has 0 radical (unpaired) electrons. The summed E-state index contributed by atoms with van der Waals surface area (Å²) in [6.07, 6.45) is 5.33. The number of aromatic nitrogens is 2. The van der Waals surface area contributed by atoms with Crippen molar-refractivity contribution in [2.45, 2.75) is 17.5 Å². The van der Waals surface area contributed by atoms with Gasteiger partial charge in [-0.05, 0) is 6.07 Å². The van der Waals surface area contributed by atoms with E-state index in [1.165, 1.54) is 33.1 Å². The summed E-state index contributed by atoms with van der Waals surface area (Å²) in [6, 6.07) is 3.47. The van der Waals surface area contributed by atoms with Crippen molar-refractivity contribution in [1.82, 2.24) is 9.97 Å². The average molecular weight is 401 g/mol.